The van der Waals surface area contributed by atoms with E-state index in [1.54, 1.807) is 0 Å². The van der Waals surface area contributed by atoms with Crippen molar-refractivity contribution in [2.75, 3.05) is 45.8 Å². The molecule has 0 aromatic rings. The fourth-order valence-corrected chi connectivity index (χ4v) is 2.25. The van der Waals surface area contributed by atoms with Crippen molar-refractivity contribution >= 4 is 0 Å². The van der Waals surface area contributed by atoms with Gasteiger partial charge in [-0.2, -0.15) is 0 Å². The lowest BCUT2D eigenvalue weighted by Crippen LogP contribution is -2.47. The second-order valence-corrected chi connectivity index (χ2v) is 5.15. The fourth-order valence-electron chi connectivity index (χ4n) is 2.25. The summed E-state index contributed by atoms with van der Waals surface area (Å²) in [5.74, 6) is 0.851. The monoisotopic (exact) mass is 227 g/mol. The fraction of sp³-hybridized carbons (Fsp3) is 1.00. The first-order chi connectivity index (χ1) is 7.76. The zero-order chi connectivity index (χ0) is 11.8. The van der Waals surface area contributed by atoms with Crippen LogP contribution in [0.5, 0.6) is 0 Å². The lowest BCUT2D eigenvalue weighted by molar-refractivity contribution is 0.118. The number of hydrogen-bond acceptors (Lipinski definition) is 3. The van der Waals surface area contributed by atoms with E-state index in [9.17, 15) is 0 Å². The molecular formula is C13H29N3. The Labute approximate surface area is 101 Å². The summed E-state index contributed by atoms with van der Waals surface area (Å²) in [7, 11) is 0. The summed E-state index contributed by atoms with van der Waals surface area (Å²) >= 11 is 0. The minimum absolute atomic E-state index is 0.841. The summed E-state index contributed by atoms with van der Waals surface area (Å²) in [6, 6.07) is 0. The SMILES string of the molecule is CCC(C)CN1CCN(CCCCN)CC1. The molecule has 2 N–H and O–H groups in total. The molecule has 1 heterocycles. The van der Waals surface area contributed by atoms with Gasteiger partial charge in [-0.05, 0) is 31.8 Å². The molecule has 1 aliphatic rings. The van der Waals surface area contributed by atoms with Gasteiger partial charge >= 0.3 is 0 Å². The molecule has 1 atom stereocenters. The van der Waals surface area contributed by atoms with E-state index in [0.717, 1.165) is 12.5 Å². The van der Waals surface area contributed by atoms with Gasteiger partial charge in [0.25, 0.3) is 0 Å². The molecule has 0 aromatic carbocycles. The van der Waals surface area contributed by atoms with Crippen molar-refractivity contribution in [2.45, 2.75) is 33.1 Å². The highest BCUT2D eigenvalue weighted by molar-refractivity contribution is 4.73. The van der Waals surface area contributed by atoms with Gasteiger partial charge in [-0.3, -0.25) is 0 Å². The van der Waals surface area contributed by atoms with Gasteiger partial charge in [0.15, 0.2) is 0 Å². The Morgan fingerprint density at radius 2 is 1.69 bits per heavy atom. The topological polar surface area (TPSA) is 32.5 Å². The van der Waals surface area contributed by atoms with Crippen LogP contribution in [0.3, 0.4) is 0 Å². The van der Waals surface area contributed by atoms with Crippen molar-refractivity contribution in [3.8, 4) is 0 Å². The number of unbranched alkanes of at least 4 members (excludes halogenated alkanes) is 1. The van der Waals surface area contributed by atoms with Crippen molar-refractivity contribution < 1.29 is 0 Å². The second-order valence-electron chi connectivity index (χ2n) is 5.15. The lowest BCUT2D eigenvalue weighted by atomic mass is 10.1. The van der Waals surface area contributed by atoms with Crippen molar-refractivity contribution in [2.24, 2.45) is 11.7 Å². The van der Waals surface area contributed by atoms with Crippen molar-refractivity contribution in [3.05, 3.63) is 0 Å². The van der Waals surface area contributed by atoms with Gasteiger partial charge in [0.1, 0.15) is 0 Å². The van der Waals surface area contributed by atoms with Crippen LogP contribution >= 0.6 is 0 Å². The van der Waals surface area contributed by atoms with Crippen LogP contribution < -0.4 is 5.73 Å². The van der Waals surface area contributed by atoms with Gasteiger partial charge in [-0.15, -0.1) is 0 Å². The molecule has 0 spiro atoms. The van der Waals surface area contributed by atoms with Crippen molar-refractivity contribution in [1.82, 2.24) is 9.80 Å². The average molecular weight is 227 g/mol. The van der Waals surface area contributed by atoms with E-state index in [-0.39, 0.29) is 0 Å². The Bertz CT molecular complexity index is 165. The molecule has 3 heteroatoms. The predicted molar refractivity (Wildman–Crippen MR) is 70.6 cm³/mol. The van der Waals surface area contributed by atoms with Gasteiger partial charge in [-0.25, -0.2) is 0 Å². The number of hydrogen-bond donors (Lipinski definition) is 1. The molecular weight excluding hydrogens is 198 g/mol. The molecule has 3 nitrogen and oxygen atoms in total. The van der Waals surface area contributed by atoms with Crippen LogP contribution in [0.1, 0.15) is 33.1 Å². The third-order valence-electron chi connectivity index (χ3n) is 3.66. The van der Waals surface area contributed by atoms with Crippen LogP contribution in [0.15, 0.2) is 0 Å². The summed E-state index contributed by atoms with van der Waals surface area (Å²) in [6.45, 7) is 13.0. The molecule has 0 aliphatic carbocycles. The molecule has 1 aliphatic heterocycles. The van der Waals surface area contributed by atoms with Crippen LogP contribution in [-0.4, -0.2) is 55.6 Å². The third kappa shape index (κ3) is 5.28. The van der Waals surface area contributed by atoms with Crippen molar-refractivity contribution in [1.29, 1.82) is 0 Å². The Hall–Kier alpha value is -0.120. The Balaban J connectivity index is 2.08. The maximum Gasteiger partial charge on any atom is 0.0110 e. The van der Waals surface area contributed by atoms with E-state index < -0.39 is 0 Å². The molecule has 0 saturated carbocycles. The van der Waals surface area contributed by atoms with Gasteiger partial charge < -0.3 is 15.5 Å². The maximum atomic E-state index is 5.51. The molecule has 1 rings (SSSR count). The Morgan fingerprint density at radius 1 is 1.06 bits per heavy atom. The molecule has 0 radical (unpaired) electrons. The Morgan fingerprint density at radius 3 is 2.25 bits per heavy atom. The van der Waals surface area contributed by atoms with Gasteiger partial charge in [0.2, 0.25) is 0 Å². The van der Waals surface area contributed by atoms with E-state index >= 15 is 0 Å². The van der Waals surface area contributed by atoms with E-state index in [0.29, 0.717) is 0 Å². The Kier molecular flexibility index (Phi) is 7.01. The van der Waals surface area contributed by atoms with Crippen LogP contribution in [0.2, 0.25) is 0 Å². The van der Waals surface area contributed by atoms with E-state index in [1.807, 2.05) is 0 Å². The molecule has 0 amide bonds. The first kappa shape index (κ1) is 13.9. The summed E-state index contributed by atoms with van der Waals surface area (Å²) in [5.41, 5.74) is 5.51. The van der Waals surface area contributed by atoms with Crippen molar-refractivity contribution in [3.63, 3.8) is 0 Å². The zero-order valence-corrected chi connectivity index (χ0v) is 11.1. The normalized spacial score (nSPS) is 21.2. The average Bonchev–Trinajstić information content (AvgIpc) is 2.31. The first-order valence-electron chi connectivity index (χ1n) is 6.91. The number of piperazine rings is 1. The predicted octanol–water partition coefficient (Wildman–Crippen LogP) is 1.39. The van der Waals surface area contributed by atoms with Gasteiger partial charge in [0.05, 0.1) is 0 Å². The highest BCUT2D eigenvalue weighted by Crippen LogP contribution is 2.08. The van der Waals surface area contributed by atoms with Crippen LogP contribution in [0.4, 0.5) is 0 Å². The van der Waals surface area contributed by atoms with Gasteiger partial charge in [0, 0.05) is 32.7 Å². The highest BCUT2D eigenvalue weighted by atomic mass is 15.3. The summed E-state index contributed by atoms with van der Waals surface area (Å²) in [5, 5.41) is 0. The second kappa shape index (κ2) is 8.04. The van der Waals surface area contributed by atoms with Crippen LogP contribution in [0, 0.1) is 5.92 Å². The van der Waals surface area contributed by atoms with Gasteiger partial charge in [-0.1, -0.05) is 20.3 Å². The molecule has 0 aromatic heterocycles. The summed E-state index contributed by atoms with van der Waals surface area (Å²) in [6.07, 6.45) is 3.74. The summed E-state index contributed by atoms with van der Waals surface area (Å²) < 4.78 is 0. The zero-order valence-electron chi connectivity index (χ0n) is 11.1. The smallest absolute Gasteiger partial charge is 0.0110 e. The maximum absolute atomic E-state index is 5.51. The van der Waals surface area contributed by atoms with E-state index in [4.69, 9.17) is 5.73 Å². The lowest BCUT2D eigenvalue weighted by Gasteiger charge is -2.35. The quantitative estimate of drug-likeness (QED) is 0.667. The number of rotatable bonds is 7. The largest absolute Gasteiger partial charge is 0.330 e. The van der Waals surface area contributed by atoms with E-state index in [1.165, 1.54) is 58.5 Å². The van der Waals surface area contributed by atoms with E-state index in [2.05, 4.69) is 23.6 Å². The van der Waals surface area contributed by atoms with Crippen LogP contribution in [-0.2, 0) is 0 Å². The third-order valence-corrected chi connectivity index (χ3v) is 3.66. The number of nitrogens with zero attached hydrogens (tertiary/aromatic N) is 2. The number of nitrogens with two attached hydrogens (primary N) is 1. The molecule has 1 saturated heterocycles. The molecule has 0 bridgehead atoms. The minimum Gasteiger partial charge on any atom is -0.330 e. The highest BCUT2D eigenvalue weighted by Gasteiger charge is 2.17. The summed E-state index contributed by atoms with van der Waals surface area (Å²) in [4.78, 5) is 5.20. The standard InChI is InChI=1S/C13H29N3/c1-3-13(2)12-16-10-8-15(9-11-16)7-5-4-6-14/h13H,3-12,14H2,1-2H3. The first-order valence-corrected chi connectivity index (χ1v) is 6.91. The minimum atomic E-state index is 0.841. The van der Waals surface area contributed by atoms with Crippen LogP contribution in [0.25, 0.3) is 0 Å². The molecule has 1 unspecified atom stereocenters. The molecule has 16 heavy (non-hydrogen) atoms. The molecule has 1 fully saturated rings. The molecule has 96 valence electrons.